The Hall–Kier alpha value is -3.63. The number of nitrogens with zero attached hydrogens (tertiary/aromatic N) is 2. The zero-order chi connectivity index (χ0) is 27.1. The molecule has 0 unspecified atom stereocenters. The molecule has 0 saturated heterocycles. The minimum Gasteiger partial charge on any atom is -0.481 e. The van der Waals surface area contributed by atoms with Crippen LogP contribution in [0.2, 0.25) is 0 Å². The predicted molar refractivity (Wildman–Crippen MR) is 133 cm³/mol. The molecule has 2 aromatic carbocycles. The predicted octanol–water partition coefficient (Wildman–Crippen LogP) is 3.86. The summed E-state index contributed by atoms with van der Waals surface area (Å²) >= 11 is 0. The highest BCUT2D eigenvalue weighted by atomic mass is 19.1. The Morgan fingerprint density at radius 3 is 2.14 bits per heavy atom. The molecule has 0 fully saturated rings. The average molecular weight is 516 g/mol. The molecule has 3 aromatic rings. The number of benzene rings is 2. The van der Waals surface area contributed by atoms with E-state index in [1.807, 2.05) is 13.8 Å². The number of amides is 1. The van der Waals surface area contributed by atoms with E-state index in [0.717, 1.165) is 0 Å². The lowest BCUT2D eigenvalue weighted by Gasteiger charge is -2.18. The smallest absolute Gasteiger partial charge is 0.305 e. The van der Waals surface area contributed by atoms with Crippen LogP contribution in [0.25, 0.3) is 11.3 Å². The number of nitrogens with one attached hydrogen (secondary N) is 1. The highest BCUT2D eigenvalue weighted by Gasteiger charge is 2.25. The van der Waals surface area contributed by atoms with Crippen LogP contribution in [0.4, 0.5) is 8.78 Å². The molecule has 8 nitrogen and oxygen atoms in total. The zero-order valence-electron chi connectivity index (χ0n) is 20.7. The summed E-state index contributed by atoms with van der Waals surface area (Å²) in [5.41, 5.74) is 2.39. The van der Waals surface area contributed by atoms with E-state index in [-0.39, 0.29) is 43.5 Å². The first kappa shape index (κ1) is 27.9. The minimum absolute atomic E-state index is 0.112. The topological polar surface area (TPSA) is 125 Å². The maximum Gasteiger partial charge on any atom is 0.305 e. The molecule has 0 spiro atoms. The van der Waals surface area contributed by atoms with E-state index >= 15 is 0 Å². The molecule has 0 aliphatic carbocycles. The molecule has 37 heavy (non-hydrogen) atoms. The molecule has 2 atom stereocenters. The van der Waals surface area contributed by atoms with Gasteiger partial charge in [-0.1, -0.05) is 12.1 Å². The summed E-state index contributed by atoms with van der Waals surface area (Å²) in [6.07, 6.45) is -2.31. The Kier molecular flexibility index (Phi) is 9.48. The molecular weight excluding hydrogens is 484 g/mol. The van der Waals surface area contributed by atoms with E-state index in [9.17, 15) is 28.6 Å². The fraction of sp³-hybridized carbons (Fsp3) is 0.370. The SMILES string of the molecule is CC(C)n1c(C(=O)NCc2ccc(F)cc2)nc(-c2ccc(F)cc2)c1CC[C@@H](O)C[C@@H](O)CC(=O)O. The lowest BCUT2D eigenvalue weighted by molar-refractivity contribution is -0.139. The van der Waals surface area contributed by atoms with E-state index in [2.05, 4.69) is 10.3 Å². The van der Waals surface area contributed by atoms with Gasteiger partial charge in [0.25, 0.3) is 5.91 Å². The van der Waals surface area contributed by atoms with Crippen molar-refractivity contribution in [3.63, 3.8) is 0 Å². The molecule has 0 aliphatic heterocycles. The highest BCUT2D eigenvalue weighted by Crippen LogP contribution is 2.29. The van der Waals surface area contributed by atoms with Gasteiger partial charge in [-0.2, -0.15) is 0 Å². The van der Waals surface area contributed by atoms with Crippen molar-refractivity contribution >= 4 is 11.9 Å². The number of aliphatic hydroxyl groups is 2. The van der Waals surface area contributed by atoms with Crippen molar-refractivity contribution in [2.45, 2.75) is 64.3 Å². The zero-order valence-corrected chi connectivity index (χ0v) is 20.7. The van der Waals surface area contributed by atoms with Crippen LogP contribution in [0.1, 0.15) is 61.0 Å². The number of carboxylic acids is 1. The van der Waals surface area contributed by atoms with Gasteiger partial charge in [-0.05, 0) is 75.1 Å². The summed E-state index contributed by atoms with van der Waals surface area (Å²) in [4.78, 5) is 28.6. The number of aliphatic carboxylic acids is 1. The Balaban J connectivity index is 1.90. The molecule has 4 N–H and O–H groups in total. The van der Waals surface area contributed by atoms with Gasteiger partial charge < -0.3 is 25.2 Å². The summed E-state index contributed by atoms with van der Waals surface area (Å²) in [7, 11) is 0. The van der Waals surface area contributed by atoms with Crippen molar-refractivity contribution in [1.82, 2.24) is 14.9 Å². The third-order valence-corrected chi connectivity index (χ3v) is 5.88. The summed E-state index contributed by atoms with van der Waals surface area (Å²) in [6.45, 7) is 3.91. The second-order valence-electron chi connectivity index (χ2n) is 9.19. The number of carboxylic acid groups (broad SMARTS) is 1. The average Bonchev–Trinajstić information content (AvgIpc) is 3.22. The molecule has 3 rings (SSSR count). The Bertz CT molecular complexity index is 1210. The van der Waals surface area contributed by atoms with Crippen molar-refractivity contribution in [2.24, 2.45) is 0 Å². The quantitative estimate of drug-likeness (QED) is 0.290. The molecule has 1 aromatic heterocycles. The van der Waals surface area contributed by atoms with Crippen molar-refractivity contribution in [3.05, 3.63) is 77.2 Å². The van der Waals surface area contributed by atoms with Crippen LogP contribution in [0.3, 0.4) is 0 Å². The van der Waals surface area contributed by atoms with Crippen LogP contribution < -0.4 is 5.32 Å². The Morgan fingerprint density at radius 1 is 0.973 bits per heavy atom. The number of imidazole rings is 1. The van der Waals surface area contributed by atoms with Crippen LogP contribution in [0.15, 0.2) is 48.5 Å². The lowest BCUT2D eigenvalue weighted by Crippen LogP contribution is -2.27. The first-order valence-corrected chi connectivity index (χ1v) is 12.0. The second-order valence-corrected chi connectivity index (χ2v) is 9.19. The van der Waals surface area contributed by atoms with Crippen LogP contribution >= 0.6 is 0 Å². The van der Waals surface area contributed by atoms with Gasteiger partial charge in [0, 0.05) is 23.8 Å². The first-order chi connectivity index (χ1) is 17.5. The van der Waals surface area contributed by atoms with Gasteiger partial charge in [0.1, 0.15) is 11.6 Å². The molecule has 0 aliphatic rings. The van der Waals surface area contributed by atoms with Crippen molar-refractivity contribution in [3.8, 4) is 11.3 Å². The minimum atomic E-state index is -1.19. The van der Waals surface area contributed by atoms with Gasteiger partial charge in [-0.15, -0.1) is 0 Å². The van der Waals surface area contributed by atoms with Gasteiger partial charge in [0.15, 0.2) is 5.82 Å². The molecular formula is C27H31F2N3O5. The number of aliphatic hydroxyl groups excluding tert-OH is 2. The maximum absolute atomic E-state index is 13.6. The lowest BCUT2D eigenvalue weighted by atomic mass is 10.0. The number of carbonyl (C=O) groups is 2. The van der Waals surface area contributed by atoms with E-state index < -0.39 is 36.3 Å². The third-order valence-electron chi connectivity index (χ3n) is 5.88. The first-order valence-electron chi connectivity index (χ1n) is 12.0. The highest BCUT2D eigenvalue weighted by molar-refractivity contribution is 5.92. The van der Waals surface area contributed by atoms with Gasteiger partial charge in [0.05, 0.1) is 24.3 Å². The van der Waals surface area contributed by atoms with Gasteiger partial charge in [-0.3, -0.25) is 9.59 Å². The van der Waals surface area contributed by atoms with Gasteiger partial charge in [-0.25, -0.2) is 13.8 Å². The molecule has 0 radical (unpaired) electrons. The number of carbonyl (C=O) groups excluding carboxylic acids is 1. The normalized spacial score (nSPS) is 12.9. The fourth-order valence-electron chi connectivity index (χ4n) is 4.14. The largest absolute Gasteiger partial charge is 0.481 e. The maximum atomic E-state index is 13.6. The standard InChI is InChI=1S/C27H31F2N3O5/c1-16(2)32-23(12-11-21(33)13-22(34)14-24(35)36)25(18-5-9-20(29)10-6-18)31-26(32)27(37)30-15-17-3-7-19(28)8-4-17/h3-10,16,21-22,33-34H,11-15H2,1-2H3,(H,30,37)(H,35,36)/t21-,22-/m1/s1. The van der Waals surface area contributed by atoms with Crippen LogP contribution in [0, 0.1) is 11.6 Å². The van der Waals surface area contributed by atoms with E-state index in [4.69, 9.17) is 5.11 Å². The summed E-state index contributed by atoms with van der Waals surface area (Å²) in [5, 5.41) is 31.9. The summed E-state index contributed by atoms with van der Waals surface area (Å²) in [5.74, 6) is -2.28. The molecule has 198 valence electrons. The molecule has 1 heterocycles. The fourth-order valence-corrected chi connectivity index (χ4v) is 4.14. The monoisotopic (exact) mass is 515 g/mol. The van der Waals surface area contributed by atoms with Crippen LogP contribution in [-0.2, 0) is 17.8 Å². The van der Waals surface area contributed by atoms with Crippen molar-refractivity contribution in [2.75, 3.05) is 0 Å². The van der Waals surface area contributed by atoms with E-state index in [1.165, 1.54) is 24.3 Å². The number of rotatable bonds is 12. The van der Waals surface area contributed by atoms with Gasteiger partial charge >= 0.3 is 5.97 Å². The number of aromatic nitrogens is 2. The molecule has 1 amide bonds. The van der Waals surface area contributed by atoms with Crippen molar-refractivity contribution in [1.29, 1.82) is 0 Å². The van der Waals surface area contributed by atoms with E-state index in [0.29, 0.717) is 22.5 Å². The molecule has 0 bridgehead atoms. The third kappa shape index (κ3) is 7.68. The summed E-state index contributed by atoms with van der Waals surface area (Å²) < 4.78 is 28.5. The van der Waals surface area contributed by atoms with Crippen molar-refractivity contribution < 1.29 is 33.7 Å². The number of hydrogen-bond acceptors (Lipinski definition) is 5. The Labute approximate surface area is 213 Å². The van der Waals surface area contributed by atoms with E-state index in [1.54, 1.807) is 28.8 Å². The van der Waals surface area contributed by atoms with Gasteiger partial charge in [0.2, 0.25) is 0 Å². The second kappa shape index (κ2) is 12.6. The molecule has 0 saturated carbocycles. The van der Waals surface area contributed by atoms with Crippen LogP contribution in [0.5, 0.6) is 0 Å². The van der Waals surface area contributed by atoms with Crippen LogP contribution in [-0.4, -0.2) is 49.0 Å². The molecule has 10 heteroatoms. The number of hydrogen-bond donors (Lipinski definition) is 4. The summed E-state index contributed by atoms with van der Waals surface area (Å²) in [6, 6.07) is 11.2. The number of halogens is 2. The Morgan fingerprint density at radius 2 is 1.57 bits per heavy atom.